The van der Waals surface area contributed by atoms with Crippen LogP contribution in [-0.4, -0.2) is 46.8 Å². The summed E-state index contributed by atoms with van der Waals surface area (Å²) in [5.74, 6) is 1.73. The maximum Gasteiger partial charge on any atom is 0.229 e. The molecule has 1 aliphatic heterocycles. The van der Waals surface area contributed by atoms with Gasteiger partial charge in [-0.05, 0) is 74.2 Å². The summed E-state index contributed by atoms with van der Waals surface area (Å²) >= 11 is 0. The van der Waals surface area contributed by atoms with Gasteiger partial charge in [0.15, 0.2) is 5.82 Å². The SMILES string of the molecule is CN1Cc2cc(Nc3ncc(C#N)c(Nc4cccc(P(C)(C)=O)n4)n3)cc3c2C(CC=CC3)C1. The Hall–Kier alpha value is -3.53. The standard InChI is InChI=1S/C26H28N7OP/c1-33-15-18-8-5-4-7-17-11-21(12-19(16-33)24(17)18)29-26-28-14-20(13-27)25(32-26)31-22-9-6-10-23(30-22)35(2,3)34/h4-6,9-12,14,18H,7-8,15-16H2,1-3H3,(H2,28,29,30,31,32). The number of likely N-dealkylation sites (N-methyl/N-ethyl adjacent to an activating group) is 1. The number of hydrogen-bond acceptors (Lipinski definition) is 8. The van der Waals surface area contributed by atoms with Crippen molar-refractivity contribution in [2.24, 2.45) is 0 Å². The Morgan fingerprint density at radius 1 is 1.14 bits per heavy atom. The van der Waals surface area contributed by atoms with Crippen LogP contribution in [0.4, 0.5) is 23.3 Å². The van der Waals surface area contributed by atoms with E-state index in [1.807, 2.05) is 0 Å². The molecule has 1 atom stereocenters. The first kappa shape index (κ1) is 23.2. The minimum atomic E-state index is -2.52. The fourth-order valence-electron chi connectivity index (χ4n) is 4.82. The molecule has 3 heterocycles. The van der Waals surface area contributed by atoms with Crippen LogP contribution in [0.25, 0.3) is 0 Å². The lowest BCUT2D eigenvalue weighted by Gasteiger charge is -2.33. The van der Waals surface area contributed by atoms with Gasteiger partial charge in [0.05, 0.1) is 6.20 Å². The zero-order chi connectivity index (χ0) is 24.6. The van der Waals surface area contributed by atoms with Gasteiger partial charge in [0.1, 0.15) is 30.0 Å². The van der Waals surface area contributed by atoms with Crippen molar-refractivity contribution in [1.82, 2.24) is 19.9 Å². The van der Waals surface area contributed by atoms with Gasteiger partial charge in [0, 0.05) is 24.7 Å². The molecule has 0 fully saturated rings. The zero-order valence-corrected chi connectivity index (χ0v) is 21.0. The van der Waals surface area contributed by atoms with Gasteiger partial charge < -0.3 is 20.1 Å². The lowest BCUT2D eigenvalue weighted by molar-refractivity contribution is 0.281. The molecule has 2 aromatic heterocycles. The second-order valence-corrected chi connectivity index (χ2v) is 12.7. The molecule has 0 spiro atoms. The third-order valence-corrected chi connectivity index (χ3v) is 7.71. The summed E-state index contributed by atoms with van der Waals surface area (Å²) in [5, 5.41) is 16.0. The van der Waals surface area contributed by atoms with E-state index < -0.39 is 7.14 Å². The Morgan fingerprint density at radius 2 is 1.97 bits per heavy atom. The van der Waals surface area contributed by atoms with E-state index in [0.717, 1.165) is 31.6 Å². The second-order valence-electron chi connectivity index (χ2n) is 9.56. The molecule has 1 aromatic carbocycles. The highest BCUT2D eigenvalue weighted by Crippen LogP contribution is 2.38. The van der Waals surface area contributed by atoms with Crippen LogP contribution in [0.1, 0.15) is 34.6 Å². The monoisotopic (exact) mass is 485 g/mol. The first-order valence-corrected chi connectivity index (χ1v) is 14.2. The number of nitrogens with one attached hydrogen (secondary N) is 2. The van der Waals surface area contributed by atoms with E-state index in [4.69, 9.17) is 0 Å². The van der Waals surface area contributed by atoms with Crippen LogP contribution in [0, 0.1) is 11.3 Å². The third-order valence-electron chi connectivity index (χ3n) is 6.35. The highest BCUT2D eigenvalue weighted by molar-refractivity contribution is 7.69. The largest absolute Gasteiger partial charge is 0.324 e. The highest BCUT2D eigenvalue weighted by atomic mass is 31.2. The number of allylic oxidation sites excluding steroid dienone is 2. The molecule has 0 saturated carbocycles. The lowest BCUT2D eigenvalue weighted by atomic mass is 9.84. The predicted octanol–water partition coefficient (Wildman–Crippen LogP) is 4.51. The quantitative estimate of drug-likeness (QED) is 0.402. The van der Waals surface area contributed by atoms with Crippen molar-refractivity contribution in [3.8, 4) is 6.07 Å². The molecule has 1 aliphatic carbocycles. The molecule has 1 unspecified atom stereocenters. The topological polar surface area (TPSA) is 107 Å². The van der Waals surface area contributed by atoms with E-state index in [-0.39, 0.29) is 0 Å². The average Bonchev–Trinajstić information content (AvgIpc) is 3.01. The molecule has 8 nitrogen and oxygen atoms in total. The molecule has 0 radical (unpaired) electrons. The molecule has 0 saturated heterocycles. The van der Waals surface area contributed by atoms with Crippen molar-refractivity contribution in [3.05, 3.63) is 70.9 Å². The summed E-state index contributed by atoms with van der Waals surface area (Å²) in [6.45, 7) is 5.34. The Labute approximate surface area is 205 Å². The molecule has 2 aliphatic rings. The number of aromatic nitrogens is 3. The molecule has 5 rings (SSSR count). The van der Waals surface area contributed by atoms with Crippen LogP contribution >= 0.6 is 7.14 Å². The fourth-order valence-corrected chi connectivity index (χ4v) is 5.62. The number of benzene rings is 1. The van der Waals surface area contributed by atoms with Gasteiger partial charge in [-0.3, -0.25) is 0 Å². The molecule has 0 bridgehead atoms. The van der Waals surface area contributed by atoms with E-state index >= 15 is 0 Å². The number of hydrogen-bond donors (Lipinski definition) is 2. The van der Waals surface area contributed by atoms with Gasteiger partial charge in [-0.1, -0.05) is 18.2 Å². The molecule has 9 heteroatoms. The Kier molecular flexibility index (Phi) is 6.14. The van der Waals surface area contributed by atoms with Crippen LogP contribution in [-0.2, 0) is 17.5 Å². The summed E-state index contributed by atoms with van der Waals surface area (Å²) < 4.78 is 12.4. The van der Waals surface area contributed by atoms with Gasteiger partial charge in [-0.15, -0.1) is 0 Å². The van der Waals surface area contributed by atoms with E-state index in [1.165, 1.54) is 22.9 Å². The summed E-state index contributed by atoms with van der Waals surface area (Å²) in [7, 11) is -0.354. The van der Waals surface area contributed by atoms with E-state index in [2.05, 4.69) is 67.9 Å². The maximum absolute atomic E-state index is 12.4. The minimum Gasteiger partial charge on any atom is -0.324 e. The maximum atomic E-state index is 12.4. The van der Waals surface area contributed by atoms with Gasteiger partial charge in [0.25, 0.3) is 0 Å². The zero-order valence-electron chi connectivity index (χ0n) is 20.1. The lowest BCUT2D eigenvalue weighted by Crippen LogP contribution is -2.30. The van der Waals surface area contributed by atoms with Crippen LogP contribution in [0.2, 0.25) is 0 Å². The molecule has 35 heavy (non-hydrogen) atoms. The fraction of sp³-hybridized carbons (Fsp3) is 0.308. The number of nitriles is 1. The first-order chi connectivity index (χ1) is 16.8. The van der Waals surface area contributed by atoms with Gasteiger partial charge in [-0.25, -0.2) is 9.97 Å². The third kappa shape index (κ3) is 4.97. The van der Waals surface area contributed by atoms with Crippen molar-refractivity contribution >= 4 is 35.8 Å². The van der Waals surface area contributed by atoms with E-state index in [0.29, 0.717) is 34.5 Å². The van der Waals surface area contributed by atoms with Gasteiger partial charge in [0.2, 0.25) is 5.95 Å². The number of pyridine rings is 1. The van der Waals surface area contributed by atoms with Crippen molar-refractivity contribution in [3.63, 3.8) is 0 Å². The molecule has 3 aromatic rings. The summed E-state index contributed by atoms with van der Waals surface area (Å²) in [6.07, 6.45) is 8.03. The summed E-state index contributed by atoms with van der Waals surface area (Å²) in [5.41, 5.74) is 5.90. The van der Waals surface area contributed by atoms with Gasteiger partial charge in [-0.2, -0.15) is 10.2 Å². The van der Waals surface area contributed by atoms with E-state index in [1.54, 1.807) is 31.5 Å². The van der Waals surface area contributed by atoms with Gasteiger partial charge >= 0.3 is 0 Å². The normalized spacial score (nSPS) is 17.3. The molecular weight excluding hydrogens is 457 g/mol. The predicted molar refractivity (Wildman–Crippen MR) is 140 cm³/mol. The first-order valence-electron chi connectivity index (χ1n) is 11.6. The molecule has 178 valence electrons. The molecule has 0 amide bonds. The van der Waals surface area contributed by atoms with Crippen molar-refractivity contribution in [2.45, 2.75) is 25.3 Å². The minimum absolute atomic E-state index is 0.297. The number of nitrogens with zero attached hydrogens (tertiary/aromatic N) is 5. The molecule has 2 N–H and O–H groups in total. The second kappa shape index (κ2) is 9.26. The summed E-state index contributed by atoms with van der Waals surface area (Å²) in [6, 6.07) is 11.8. The Bertz CT molecular complexity index is 1410. The van der Waals surface area contributed by atoms with Crippen LogP contribution in [0.15, 0.2) is 48.7 Å². The number of rotatable bonds is 5. The van der Waals surface area contributed by atoms with Crippen LogP contribution in [0.3, 0.4) is 0 Å². The molecular formula is C26H28N7OP. The van der Waals surface area contributed by atoms with Crippen molar-refractivity contribution < 1.29 is 4.57 Å². The smallest absolute Gasteiger partial charge is 0.229 e. The highest BCUT2D eigenvalue weighted by Gasteiger charge is 2.27. The summed E-state index contributed by atoms with van der Waals surface area (Å²) in [4.78, 5) is 15.7. The average molecular weight is 486 g/mol. The van der Waals surface area contributed by atoms with Crippen molar-refractivity contribution in [1.29, 1.82) is 5.26 Å². The Balaban J connectivity index is 1.46. The Morgan fingerprint density at radius 3 is 2.77 bits per heavy atom. The van der Waals surface area contributed by atoms with Crippen LogP contribution < -0.4 is 16.1 Å². The van der Waals surface area contributed by atoms with Crippen molar-refractivity contribution in [2.75, 3.05) is 37.6 Å². The van der Waals surface area contributed by atoms with E-state index in [9.17, 15) is 9.83 Å². The van der Waals surface area contributed by atoms with Crippen LogP contribution in [0.5, 0.6) is 0 Å². The number of anilines is 4.